The number of amidine groups is 1. The number of rotatable bonds is 11. The Morgan fingerprint density at radius 1 is 1.07 bits per heavy atom. The topological polar surface area (TPSA) is 84.6 Å². The highest BCUT2D eigenvalue weighted by molar-refractivity contribution is 8.15. The standard InChI is InChI=1S/C33H33F3N6O2S2/c1-3-6-24-11-8-22(2)19-28(24)42-29(43)20-46-32(42)39-31(45)37-18-5-4-7-23-9-12-25(13-10-23)30-38-21-41(40-30)26-14-16-27(17-15-26)44-33(34,35)36/h8-17,19,21H,3-7,18,20H2,1-2H3,(H,37,45)/b39-32-. The molecule has 1 N–H and O–H groups in total. The van der Waals surface area contributed by atoms with E-state index in [2.05, 4.69) is 44.2 Å². The van der Waals surface area contributed by atoms with Crippen LogP contribution in [0.2, 0.25) is 0 Å². The lowest BCUT2D eigenvalue weighted by Crippen LogP contribution is -2.32. The predicted octanol–water partition coefficient (Wildman–Crippen LogP) is 7.43. The molecular weight excluding hydrogens is 634 g/mol. The number of benzene rings is 3. The van der Waals surface area contributed by atoms with Crippen molar-refractivity contribution < 1.29 is 22.7 Å². The van der Waals surface area contributed by atoms with Crippen LogP contribution in [0.3, 0.4) is 0 Å². The Morgan fingerprint density at radius 3 is 2.54 bits per heavy atom. The molecule has 1 saturated heterocycles. The maximum Gasteiger partial charge on any atom is 0.573 e. The van der Waals surface area contributed by atoms with E-state index in [0.717, 1.165) is 54.5 Å². The van der Waals surface area contributed by atoms with E-state index in [1.807, 2.05) is 37.3 Å². The van der Waals surface area contributed by atoms with Gasteiger partial charge in [0, 0.05) is 12.1 Å². The summed E-state index contributed by atoms with van der Waals surface area (Å²) < 4.78 is 42.6. The van der Waals surface area contributed by atoms with Gasteiger partial charge in [-0.3, -0.25) is 9.69 Å². The Balaban J connectivity index is 1.09. The first-order valence-corrected chi connectivity index (χ1v) is 16.3. The highest BCUT2D eigenvalue weighted by atomic mass is 32.2. The van der Waals surface area contributed by atoms with Crippen molar-refractivity contribution in [1.82, 2.24) is 20.1 Å². The lowest BCUT2D eigenvalue weighted by atomic mass is 10.0. The monoisotopic (exact) mass is 666 g/mol. The van der Waals surface area contributed by atoms with Crippen LogP contribution >= 0.6 is 24.0 Å². The molecule has 3 aromatic carbocycles. The Hall–Kier alpha value is -4.23. The van der Waals surface area contributed by atoms with Crippen LogP contribution in [0.15, 0.2) is 78.0 Å². The molecule has 0 bridgehead atoms. The molecule has 1 aromatic heterocycles. The van der Waals surface area contributed by atoms with Crippen LogP contribution in [-0.4, -0.2) is 49.6 Å². The zero-order valence-corrected chi connectivity index (χ0v) is 27.0. The Bertz CT molecular complexity index is 1710. The number of halogens is 3. The number of ether oxygens (including phenoxy) is 1. The third kappa shape index (κ3) is 8.73. The number of unbranched alkanes of at least 4 members (excludes halogenated alkanes) is 1. The number of carbonyl (C=O) groups is 1. The van der Waals surface area contributed by atoms with Crippen LogP contribution in [0, 0.1) is 6.92 Å². The summed E-state index contributed by atoms with van der Waals surface area (Å²) in [5, 5.41) is 8.64. The molecule has 1 aliphatic heterocycles. The predicted molar refractivity (Wildman–Crippen MR) is 180 cm³/mol. The molecule has 0 atom stereocenters. The van der Waals surface area contributed by atoms with Gasteiger partial charge < -0.3 is 10.1 Å². The molecule has 0 aliphatic carbocycles. The minimum absolute atomic E-state index is 0.0119. The number of hydrogen-bond donors (Lipinski definition) is 1. The number of alkyl halides is 3. The smallest absolute Gasteiger partial charge is 0.406 e. The fraction of sp³-hybridized carbons (Fsp3) is 0.303. The number of thioether (sulfide) groups is 1. The number of nitrogens with zero attached hydrogens (tertiary/aromatic N) is 5. The quantitative estimate of drug-likeness (QED) is 0.132. The van der Waals surface area contributed by atoms with Gasteiger partial charge in [-0.25, -0.2) is 9.67 Å². The number of aliphatic imine (C=N–C) groups is 1. The summed E-state index contributed by atoms with van der Waals surface area (Å²) >= 11 is 6.90. The average Bonchev–Trinajstić information content (AvgIpc) is 3.65. The van der Waals surface area contributed by atoms with Gasteiger partial charge in [-0.1, -0.05) is 61.5 Å². The molecule has 0 spiro atoms. The number of carbonyl (C=O) groups excluding carboxylic acids is 1. The summed E-state index contributed by atoms with van der Waals surface area (Å²) in [4.78, 5) is 23.4. The van der Waals surface area contributed by atoms with Crippen molar-refractivity contribution in [1.29, 1.82) is 0 Å². The minimum Gasteiger partial charge on any atom is -0.406 e. The fourth-order valence-electron chi connectivity index (χ4n) is 4.96. The summed E-state index contributed by atoms with van der Waals surface area (Å²) in [7, 11) is 0. The minimum atomic E-state index is -4.74. The molecule has 8 nitrogen and oxygen atoms in total. The van der Waals surface area contributed by atoms with Gasteiger partial charge >= 0.3 is 6.36 Å². The molecule has 1 amide bonds. The number of aryl methyl sites for hydroxylation is 3. The second-order valence-corrected chi connectivity index (χ2v) is 12.1. The number of hydrogen-bond acceptors (Lipinski definition) is 6. The van der Waals surface area contributed by atoms with Gasteiger partial charge in [-0.05, 0) is 91.8 Å². The summed E-state index contributed by atoms with van der Waals surface area (Å²) in [5.74, 6) is 0.561. The van der Waals surface area contributed by atoms with Crippen molar-refractivity contribution in [2.24, 2.45) is 4.99 Å². The van der Waals surface area contributed by atoms with Crippen molar-refractivity contribution >= 4 is 45.9 Å². The van der Waals surface area contributed by atoms with Crippen molar-refractivity contribution in [3.05, 3.63) is 89.7 Å². The SMILES string of the molecule is CCCc1ccc(C)cc1N1C(=O)CS/C1=N\C(=S)NCCCCc1ccc(-c2ncn(-c3ccc(OC(F)(F)F)cc3)n2)cc1. The van der Waals surface area contributed by atoms with Gasteiger partial charge in [0.2, 0.25) is 5.91 Å². The number of thiocarbonyl (C=S) groups is 1. The third-order valence-corrected chi connectivity index (χ3v) is 8.33. The van der Waals surface area contributed by atoms with Crippen LogP contribution < -0.4 is 15.0 Å². The molecule has 13 heteroatoms. The van der Waals surface area contributed by atoms with E-state index in [9.17, 15) is 18.0 Å². The van der Waals surface area contributed by atoms with E-state index in [4.69, 9.17) is 12.2 Å². The highest BCUT2D eigenvalue weighted by Crippen LogP contribution is 2.31. The van der Waals surface area contributed by atoms with Crippen molar-refractivity contribution in [3.8, 4) is 22.8 Å². The number of nitrogens with one attached hydrogen (secondary N) is 1. The third-order valence-electron chi connectivity index (χ3n) is 7.17. The first-order chi connectivity index (χ1) is 22.1. The van der Waals surface area contributed by atoms with Gasteiger partial charge in [-0.15, -0.1) is 18.3 Å². The van der Waals surface area contributed by atoms with Crippen LogP contribution in [0.25, 0.3) is 17.1 Å². The van der Waals surface area contributed by atoms with Gasteiger partial charge in [0.25, 0.3) is 0 Å². The lowest BCUT2D eigenvalue weighted by molar-refractivity contribution is -0.274. The fourth-order valence-corrected chi connectivity index (χ4v) is 6.07. The second kappa shape index (κ2) is 14.9. The highest BCUT2D eigenvalue weighted by Gasteiger charge is 2.32. The molecule has 1 fully saturated rings. The van der Waals surface area contributed by atoms with E-state index in [-0.39, 0.29) is 11.7 Å². The van der Waals surface area contributed by atoms with Crippen LogP contribution in [-0.2, 0) is 17.6 Å². The Morgan fingerprint density at radius 2 is 1.83 bits per heavy atom. The van der Waals surface area contributed by atoms with Crippen molar-refractivity contribution in [2.45, 2.75) is 52.3 Å². The molecule has 1 aliphatic rings. The van der Waals surface area contributed by atoms with Gasteiger partial charge in [0.15, 0.2) is 16.1 Å². The van der Waals surface area contributed by atoms with Crippen molar-refractivity contribution in [3.63, 3.8) is 0 Å². The Kier molecular flexibility index (Phi) is 10.7. The molecule has 5 rings (SSSR count). The zero-order chi connectivity index (χ0) is 32.7. The van der Waals surface area contributed by atoms with E-state index in [1.54, 1.807) is 4.90 Å². The summed E-state index contributed by atoms with van der Waals surface area (Å²) in [5.41, 5.74) is 5.67. The molecule has 46 heavy (non-hydrogen) atoms. The summed E-state index contributed by atoms with van der Waals surface area (Å²) in [6.45, 7) is 4.81. The molecule has 0 radical (unpaired) electrons. The molecule has 2 heterocycles. The van der Waals surface area contributed by atoms with Gasteiger partial charge in [0.1, 0.15) is 12.1 Å². The second-order valence-electron chi connectivity index (χ2n) is 10.7. The average molecular weight is 667 g/mol. The van der Waals surface area contributed by atoms with E-state index >= 15 is 0 Å². The van der Waals surface area contributed by atoms with E-state index < -0.39 is 6.36 Å². The van der Waals surface area contributed by atoms with Crippen molar-refractivity contribution in [2.75, 3.05) is 17.2 Å². The molecular formula is C33H33F3N6O2S2. The van der Waals surface area contributed by atoms with Crippen LogP contribution in [0.1, 0.15) is 42.9 Å². The van der Waals surface area contributed by atoms with E-state index in [0.29, 0.717) is 34.1 Å². The molecule has 0 unspecified atom stereocenters. The molecule has 240 valence electrons. The molecule has 4 aromatic rings. The van der Waals surface area contributed by atoms with Crippen LogP contribution in [0.4, 0.5) is 18.9 Å². The van der Waals surface area contributed by atoms with Gasteiger partial charge in [0.05, 0.1) is 17.1 Å². The number of anilines is 1. The Labute approximate surface area is 275 Å². The number of amides is 1. The summed E-state index contributed by atoms with van der Waals surface area (Å²) in [6.07, 6.45) is 1.35. The molecule has 0 saturated carbocycles. The first kappa shape index (κ1) is 33.1. The maximum absolute atomic E-state index is 12.8. The zero-order valence-electron chi connectivity index (χ0n) is 25.4. The number of aromatic nitrogens is 3. The van der Waals surface area contributed by atoms with Gasteiger partial charge in [-0.2, -0.15) is 4.99 Å². The summed E-state index contributed by atoms with van der Waals surface area (Å²) in [6, 6.07) is 19.6. The first-order valence-electron chi connectivity index (χ1n) is 14.9. The normalized spacial score (nSPS) is 14.2. The lowest BCUT2D eigenvalue weighted by Gasteiger charge is -2.20. The maximum atomic E-state index is 12.8. The van der Waals surface area contributed by atoms with Crippen LogP contribution in [0.5, 0.6) is 5.75 Å². The van der Waals surface area contributed by atoms with E-state index in [1.165, 1.54) is 52.6 Å². The largest absolute Gasteiger partial charge is 0.573 e.